The van der Waals surface area contributed by atoms with Gasteiger partial charge in [0, 0.05) is 6.08 Å². The molecular formula is C21H26F2O2. The number of hydrogen-bond donors (Lipinski definition) is 0. The van der Waals surface area contributed by atoms with Crippen LogP contribution in [0.5, 0.6) is 5.75 Å². The molecule has 0 amide bonds. The van der Waals surface area contributed by atoms with Gasteiger partial charge in [0.05, 0.1) is 0 Å². The second kappa shape index (κ2) is 6.89. The average molecular weight is 348 g/mol. The Morgan fingerprint density at radius 1 is 1.12 bits per heavy atom. The van der Waals surface area contributed by atoms with E-state index in [4.69, 9.17) is 4.74 Å². The van der Waals surface area contributed by atoms with E-state index in [1.54, 1.807) is 13.0 Å². The number of allylic oxidation sites excluding steroid dienone is 1. The Kier molecular flexibility index (Phi) is 4.99. The van der Waals surface area contributed by atoms with Crippen molar-refractivity contribution in [2.45, 2.75) is 70.6 Å². The Morgan fingerprint density at radius 3 is 2.32 bits per heavy atom. The van der Waals surface area contributed by atoms with Crippen LogP contribution in [-0.2, 0) is 10.2 Å². The predicted octanol–water partition coefficient (Wildman–Crippen LogP) is 5.84. The molecule has 3 aliphatic carbocycles. The Labute approximate surface area is 148 Å². The molecule has 3 aliphatic rings. The minimum atomic E-state index is -1.05. The Balaban J connectivity index is 1.85. The maximum absolute atomic E-state index is 14.8. The van der Waals surface area contributed by atoms with E-state index in [2.05, 4.69) is 6.92 Å². The third kappa shape index (κ3) is 3.23. The highest BCUT2D eigenvalue weighted by Crippen LogP contribution is 2.59. The van der Waals surface area contributed by atoms with E-state index >= 15 is 0 Å². The molecule has 3 saturated carbocycles. The summed E-state index contributed by atoms with van der Waals surface area (Å²) in [6.45, 7) is 3.87. The highest BCUT2D eigenvalue weighted by atomic mass is 19.2. The third-order valence-electron chi connectivity index (χ3n) is 6.31. The number of fused-ring (bicyclic) bond motifs is 3. The molecule has 136 valence electrons. The largest absolute Gasteiger partial charge is 0.420 e. The monoisotopic (exact) mass is 348 g/mol. The van der Waals surface area contributed by atoms with Crippen LogP contribution in [0.1, 0.15) is 70.8 Å². The van der Waals surface area contributed by atoms with Crippen molar-refractivity contribution in [2.24, 2.45) is 5.41 Å². The number of rotatable bonds is 5. The topological polar surface area (TPSA) is 26.3 Å². The fourth-order valence-electron chi connectivity index (χ4n) is 4.87. The number of esters is 1. The zero-order chi connectivity index (χ0) is 18.1. The fourth-order valence-corrected chi connectivity index (χ4v) is 4.87. The summed E-state index contributed by atoms with van der Waals surface area (Å²) in [7, 11) is 0. The number of hydrogen-bond acceptors (Lipinski definition) is 2. The van der Waals surface area contributed by atoms with Crippen LogP contribution < -0.4 is 4.74 Å². The van der Waals surface area contributed by atoms with Gasteiger partial charge in [0.15, 0.2) is 11.6 Å². The van der Waals surface area contributed by atoms with Crippen LogP contribution >= 0.6 is 0 Å². The Morgan fingerprint density at radius 2 is 1.76 bits per heavy atom. The van der Waals surface area contributed by atoms with Crippen LogP contribution in [-0.4, -0.2) is 5.97 Å². The lowest BCUT2D eigenvalue weighted by Crippen LogP contribution is -2.44. The summed E-state index contributed by atoms with van der Waals surface area (Å²) in [5, 5.41) is 0. The van der Waals surface area contributed by atoms with Gasteiger partial charge < -0.3 is 4.74 Å². The average Bonchev–Trinajstić information content (AvgIpc) is 2.61. The first-order valence-corrected chi connectivity index (χ1v) is 9.28. The van der Waals surface area contributed by atoms with Crippen molar-refractivity contribution >= 4 is 5.97 Å². The molecule has 0 aliphatic heterocycles. The number of carbonyl (C=O) groups excluding carboxylic acids is 1. The van der Waals surface area contributed by atoms with Crippen LogP contribution in [0.4, 0.5) is 8.78 Å². The van der Waals surface area contributed by atoms with E-state index in [9.17, 15) is 13.6 Å². The zero-order valence-corrected chi connectivity index (χ0v) is 15.0. The molecule has 0 aromatic heterocycles. The summed E-state index contributed by atoms with van der Waals surface area (Å²) in [6.07, 6.45) is 11.1. The van der Waals surface area contributed by atoms with Crippen molar-refractivity contribution in [3.05, 3.63) is 41.5 Å². The molecule has 0 spiro atoms. The lowest BCUT2D eigenvalue weighted by molar-refractivity contribution is -0.129. The molecule has 0 radical (unpaired) electrons. The van der Waals surface area contributed by atoms with Crippen LogP contribution in [0, 0.1) is 17.0 Å². The summed E-state index contributed by atoms with van der Waals surface area (Å²) in [5.41, 5.74) is 0.625. The SMILES string of the molecule is C/C=C/C(=O)Oc1ccc(C23CCC(CCC)(CC2)CC3)c(F)c1F. The molecule has 0 saturated heterocycles. The highest BCUT2D eigenvalue weighted by molar-refractivity contribution is 5.83. The molecule has 0 N–H and O–H groups in total. The number of halogens is 2. The first kappa shape index (κ1) is 18.1. The quantitative estimate of drug-likeness (QED) is 0.380. The van der Waals surface area contributed by atoms with Crippen LogP contribution in [0.25, 0.3) is 0 Å². The summed E-state index contributed by atoms with van der Waals surface area (Å²) in [4.78, 5) is 11.5. The lowest BCUT2D eigenvalue weighted by Gasteiger charge is -2.54. The molecular weight excluding hydrogens is 322 g/mol. The van der Waals surface area contributed by atoms with E-state index in [0.717, 1.165) is 38.5 Å². The van der Waals surface area contributed by atoms with Gasteiger partial charge in [-0.15, -0.1) is 0 Å². The minimum Gasteiger partial charge on any atom is -0.420 e. The smallest absolute Gasteiger partial charge is 0.335 e. The second-order valence-corrected chi connectivity index (χ2v) is 7.69. The first-order chi connectivity index (χ1) is 12.0. The van der Waals surface area contributed by atoms with E-state index in [1.807, 2.05) is 0 Å². The second-order valence-electron chi connectivity index (χ2n) is 7.69. The predicted molar refractivity (Wildman–Crippen MR) is 93.5 cm³/mol. The van der Waals surface area contributed by atoms with Crippen LogP contribution in [0.2, 0.25) is 0 Å². The van der Waals surface area contributed by atoms with Crippen molar-refractivity contribution < 1.29 is 18.3 Å². The van der Waals surface area contributed by atoms with Gasteiger partial charge in [-0.25, -0.2) is 9.18 Å². The molecule has 25 heavy (non-hydrogen) atoms. The number of carbonyl (C=O) groups is 1. The molecule has 0 atom stereocenters. The van der Waals surface area contributed by atoms with E-state index < -0.39 is 17.6 Å². The number of benzene rings is 1. The third-order valence-corrected chi connectivity index (χ3v) is 6.31. The standard InChI is InChI=1S/C21H26F2O2/c1-3-5-17(24)25-16-7-6-15(18(22)19(16)23)21-12-9-20(8-4-2,10-13-21)11-14-21/h3,5-7H,4,8-14H2,1-2H3/b5-3+. The van der Waals surface area contributed by atoms with Crippen molar-refractivity contribution in [1.29, 1.82) is 0 Å². The van der Waals surface area contributed by atoms with Gasteiger partial charge in [-0.1, -0.05) is 25.5 Å². The van der Waals surface area contributed by atoms with Crippen LogP contribution in [0.15, 0.2) is 24.3 Å². The van der Waals surface area contributed by atoms with Crippen molar-refractivity contribution in [1.82, 2.24) is 0 Å². The van der Waals surface area contributed by atoms with Gasteiger partial charge in [-0.3, -0.25) is 0 Å². The molecule has 0 heterocycles. The van der Waals surface area contributed by atoms with Gasteiger partial charge in [0.2, 0.25) is 5.82 Å². The summed E-state index contributed by atoms with van der Waals surface area (Å²) < 4.78 is 34.1. The first-order valence-electron chi connectivity index (χ1n) is 9.28. The van der Waals surface area contributed by atoms with E-state index in [0.29, 0.717) is 11.0 Å². The van der Waals surface area contributed by atoms with Gasteiger partial charge in [-0.05, 0) is 74.3 Å². The maximum atomic E-state index is 14.8. The van der Waals surface area contributed by atoms with Gasteiger partial charge in [0.1, 0.15) is 0 Å². The van der Waals surface area contributed by atoms with E-state index in [-0.39, 0.29) is 11.2 Å². The fraction of sp³-hybridized carbons (Fsp3) is 0.571. The molecule has 4 heteroatoms. The molecule has 1 aromatic rings. The normalized spacial score (nSPS) is 28.5. The molecule has 3 fully saturated rings. The summed E-state index contributed by atoms with van der Waals surface area (Å²) in [5.74, 6) is -2.95. The molecule has 2 nitrogen and oxygen atoms in total. The van der Waals surface area contributed by atoms with Gasteiger partial charge >= 0.3 is 5.97 Å². The molecule has 4 rings (SSSR count). The summed E-state index contributed by atoms with van der Waals surface area (Å²) in [6, 6.07) is 3.02. The maximum Gasteiger partial charge on any atom is 0.335 e. The van der Waals surface area contributed by atoms with Crippen molar-refractivity contribution in [3.63, 3.8) is 0 Å². The van der Waals surface area contributed by atoms with E-state index in [1.165, 1.54) is 31.1 Å². The molecule has 1 aromatic carbocycles. The molecule has 2 bridgehead atoms. The van der Waals surface area contributed by atoms with Crippen molar-refractivity contribution in [3.8, 4) is 5.75 Å². The Hall–Kier alpha value is -1.71. The minimum absolute atomic E-state index is 0.258. The van der Waals surface area contributed by atoms with Gasteiger partial charge in [0.25, 0.3) is 0 Å². The zero-order valence-electron chi connectivity index (χ0n) is 15.0. The summed E-state index contributed by atoms with van der Waals surface area (Å²) >= 11 is 0. The molecule has 0 unspecified atom stereocenters. The van der Waals surface area contributed by atoms with Gasteiger partial charge in [-0.2, -0.15) is 4.39 Å². The highest BCUT2D eigenvalue weighted by Gasteiger charge is 2.49. The lowest BCUT2D eigenvalue weighted by atomic mass is 9.51. The van der Waals surface area contributed by atoms with Crippen molar-refractivity contribution in [2.75, 3.05) is 0 Å². The van der Waals surface area contributed by atoms with Crippen LogP contribution in [0.3, 0.4) is 0 Å². The Bertz CT molecular complexity index is 669. The number of ether oxygens (including phenoxy) is 1.